The molecular weight excluding hydrogens is 302 g/mol. The van der Waals surface area contributed by atoms with Crippen molar-refractivity contribution >= 4 is 5.91 Å². The molecule has 1 amide bonds. The highest BCUT2D eigenvalue weighted by Gasteiger charge is 2.40. The maximum atomic E-state index is 11.9. The highest BCUT2D eigenvalue weighted by atomic mass is 16.3. The molecule has 0 aromatic heterocycles. The molecule has 5 heteroatoms. The zero-order valence-corrected chi connectivity index (χ0v) is 14.3. The van der Waals surface area contributed by atoms with Gasteiger partial charge in [0.2, 0.25) is 0 Å². The van der Waals surface area contributed by atoms with Gasteiger partial charge in [0, 0.05) is 29.4 Å². The van der Waals surface area contributed by atoms with Gasteiger partial charge in [0.15, 0.2) is 0 Å². The Kier molecular flexibility index (Phi) is 4.22. The predicted molar refractivity (Wildman–Crippen MR) is 92.5 cm³/mol. The summed E-state index contributed by atoms with van der Waals surface area (Å²) in [6.45, 7) is 4.17. The number of fused-ring (bicyclic) bond motifs is 1. The number of likely N-dealkylation sites (tertiary alicyclic amines) is 1. The molecule has 2 unspecified atom stereocenters. The topological polar surface area (TPSA) is 53.0 Å². The normalized spacial score (nSPS) is 28.4. The lowest BCUT2D eigenvalue weighted by molar-refractivity contribution is -0.0504. The Balaban J connectivity index is 1.63. The standard InChI is InChI=1S/C19H25N3O2/c1-13-15-8-5-9-16(19(23)20-24)17(15)12-22(13)18-10-2-3-11-21(18)14-6-4-7-14/h5,8-9,13-14,18H,2-4,6-7,10-12H2,1H3. The minimum atomic E-state index is -0.639. The number of rotatable bonds is 3. The lowest BCUT2D eigenvalue weighted by atomic mass is 9.89. The highest BCUT2D eigenvalue weighted by Crippen LogP contribution is 2.41. The summed E-state index contributed by atoms with van der Waals surface area (Å²) >= 11 is 0. The number of hydrogen-bond acceptors (Lipinski definition) is 4. The first kappa shape index (κ1) is 15.9. The number of nitrogens with zero attached hydrogens (tertiary/aromatic N) is 3. The number of carbonyl (C=O) groups excluding carboxylic acids is 1. The third-order valence-corrected chi connectivity index (χ3v) is 6.25. The first-order valence-electron chi connectivity index (χ1n) is 9.21. The number of benzene rings is 1. The number of nitroso groups, excluding NO2 is 1. The van der Waals surface area contributed by atoms with Crippen LogP contribution in [-0.2, 0) is 6.54 Å². The Bertz CT molecular complexity index is 656. The lowest BCUT2D eigenvalue weighted by Gasteiger charge is -2.49. The van der Waals surface area contributed by atoms with Gasteiger partial charge in [0.25, 0.3) is 0 Å². The minimum Gasteiger partial charge on any atom is -0.285 e. The van der Waals surface area contributed by atoms with Crippen LogP contribution in [0.15, 0.2) is 23.4 Å². The zero-order valence-electron chi connectivity index (χ0n) is 14.3. The van der Waals surface area contributed by atoms with E-state index in [9.17, 15) is 9.70 Å². The van der Waals surface area contributed by atoms with Gasteiger partial charge in [-0.1, -0.05) is 18.6 Å². The molecule has 3 aliphatic rings. The van der Waals surface area contributed by atoms with Crippen LogP contribution in [0.25, 0.3) is 0 Å². The van der Waals surface area contributed by atoms with E-state index in [1.807, 2.05) is 6.07 Å². The first-order valence-corrected chi connectivity index (χ1v) is 9.21. The highest BCUT2D eigenvalue weighted by molar-refractivity contribution is 5.96. The summed E-state index contributed by atoms with van der Waals surface area (Å²) in [5.41, 5.74) is 2.68. The Labute approximate surface area is 143 Å². The monoisotopic (exact) mass is 327 g/mol. The van der Waals surface area contributed by atoms with Gasteiger partial charge < -0.3 is 0 Å². The van der Waals surface area contributed by atoms with Crippen LogP contribution >= 0.6 is 0 Å². The fourth-order valence-electron chi connectivity index (χ4n) is 4.72. The molecule has 2 aliphatic heterocycles. The van der Waals surface area contributed by atoms with Crippen LogP contribution in [-0.4, -0.2) is 34.5 Å². The fraction of sp³-hybridized carbons (Fsp3) is 0.632. The Hall–Kier alpha value is -1.59. The van der Waals surface area contributed by atoms with Crippen molar-refractivity contribution in [3.05, 3.63) is 39.8 Å². The number of piperidine rings is 1. The van der Waals surface area contributed by atoms with Crippen LogP contribution in [0.1, 0.15) is 73.0 Å². The van der Waals surface area contributed by atoms with E-state index in [2.05, 4.69) is 28.0 Å². The van der Waals surface area contributed by atoms with Gasteiger partial charge in [-0.05, 0) is 62.8 Å². The van der Waals surface area contributed by atoms with Crippen LogP contribution in [0.3, 0.4) is 0 Å². The molecular formula is C19H25N3O2. The quantitative estimate of drug-likeness (QED) is 0.792. The summed E-state index contributed by atoms with van der Waals surface area (Å²) in [7, 11) is 0. The molecule has 0 N–H and O–H groups in total. The van der Waals surface area contributed by atoms with E-state index in [4.69, 9.17) is 0 Å². The number of amides is 1. The summed E-state index contributed by atoms with van der Waals surface area (Å²) in [5, 5.41) is 2.65. The Morgan fingerprint density at radius 3 is 2.67 bits per heavy atom. The molecule has 1 saturated heterocycles. The van der Waals surface area contributed by atoms with Crippen molar-refractivity contribution < 1.29 is 4.79 Å². The molecule has 24 heavy (non-hydrogen) atoms. The molecule has 0 radical (unpaired) electrons. The smallest absolute Gasteiger partial charge is 0.285 e. The summed E-state index contributed by atoms with van der Waals surface area (Å²) in [6, 6.07) is 6.73. The molecule has 128 valence electrons. The van der Waals surface area contributed by atoms with Crippen molar-refractivity contribution in [2.45, 2.75) is 70.2 Å². The van der Waals surface area contributed by atoms with Gasteiger partial charge in [-0.25, -0.2) is 0 Å². The largest absolute Gasteiger partial charge is 0.317 e. The van der Waals surface area contributed by atoms with Gasteiger partial charge in [-0.2, -0.15) is 0 Å². The van der Waals surface area contributed by atoms with Crippen LogP contribution in [0.5, 0.6) is 0 Å². The second kappa shape index (κ2) is 6.37. The molecule has 1 aliphatic carbocycles. The summed E-state index contributed by atoms with van der Waals surface area (Å²) in [6.07, 6.45) is 8.22. The van der Waals surface area contributed by atoms with Crippen molar-refractivity contribution in [3.63, 3.8) is 0 Å². The van der Waals surface area contributed by atoms with E-state index < -0.39 is 5.91 Å². The molecule has 1 saturated carbocycles. The van der Waals surface area contributed by atoms with Crippen molar-refractivity contribution in [1.82, 2.24) is 9.80 Å². The third kappa shape index (κ3) is 2.50. The van der Waals surface area contributed by atoms with Gasteiger partial charge >= 0.3 is 5.91 Å². The summed E-state index contributed by atoms with van der Waals surface area (Å²) in [5.74, 6) is -0.639. The van der Waals surface area contributed by atoms with Gasteiger partial charge in [-0.3, -0.25) is 14.6 Å². The third-order valence-electron chi connectivity index (χ3n) is 6.25. The Morgan fingerprint density at radius 2 is 1.96 bits per heavy atom. The molecule has 0 spiro atoms. The van der Waals surface area contributed by atoms with Crippen LogP contribution < -0.4 is 0 Å². The van der Waals surface area contributed by atoms with E-state index in [0.717, 1.165) is 18.2 Å². The molecule has 2 fully saturated rings. The van der Waals surface area contributed by atoms with E-state index in [-0.39, 0.29) is 6.04 Å². The van der Waals surface area contributed by atoms with Crippen LogP contribution in [0.4, 0.5) is 0 Å². The maximum Gasteiger partial charge on any atom is 0.317 e. The Morgan fingerprint density at radius 1 is 1.12 bits per heavy atom. The van der Waals surface area contributed by atoms with Crippen LogP contribution in [0.2, 0.25) is 0 Å². The van der Waals surface area contributed by atoms with Crippen molar-refractivity contribution in [2.24, 2.45) is 5.18 Å². The maximum absolute atomic E-state index is 11.9. The second-order valence-electron chi connectivity index (χ2n) is 7.42. The van der Waals surface area contributed by atoms with Gasteiger partial charge in [-0.15, -0.1) is 4.91 Å². The first-order chi connectivity index (χ1) is 11.7. The summed E-state index contributed by atoms with van der Waals surface area (Å²) < 4.78 is 0. The SMILES string of the molecule is CC1c2cccc(C(=O)N=O)c2CN1C1CCCCN1C1CCC1. The van der Waals surface area contributed by atoms with Crippen molar-refractivity contribution in [3.8, 4) is 0 Å². The number of carbonyl (C=O) groups is 1. The van der Waals surface area contributed by atoms with Crippen molar-refractivity contribution in [2.75, 3.05) is 6.54 Å². The average molecular weight is 327 g/mol. The molecule has 0 bridgehead atoms. The van der Waals surface area contributed by atoms with E-state index in [1.54, 1.807) is 6.07 Å². The number of hydrogen-bond donors (Lipinski definition) is 0. The fourth-order valence-corrected chi connectivity index (χ4v) is 4.72. The zero-order chi connectivity index (χ0) is 16.7. The van der Waals surface area contributed by atoms with E-state index >= 15 is 0 Å². The summed E-state index contributed by atoms with van der Waals surface area (Å²) in [4.78, 5) is 27.9. The molecule has 2 atom stereocenters. The van der Waals surface area contributed by atoms with Gasteiger partial charge in [0.05, 0.1) is 6.17 Å². The second-order valence-corrected chi connectivity index (χ2v) is 7.42. The lowest BCUT2D eigenvalue weighted by Crippen LogP contribution is -2.55. The van der Waals surface area contributed by atoms with E-state index in [1.165, 1.54) is 50.6 Å². The average Bonchev–Trinajstić information content (AvgIpc) is 2.90. The molecule has 4 rings (SSSR count). The van der Waals surface area contributed by atoms with Gasteiger partial charge in [0.1, 0.15) is 0 Å². The van der Waals surface area contributed by atoms with E-state index in [0.29, 0.717) is 11.7 Å². The minimum absolute atomic E-state index is 0.282. The predicted octanol–water partition coefficient (Wildman–Crippen LogP) is 3.83. The van der Waals surface area contributed by atoms with Crippen molar-refractivity contribution in [1.29, 1.82) is 0 Å². The van der Waals surface area contributed by atoms with Crippen LogP contribution in [0, 0.1) is 4.91 Å². The molecule has 1 aromatic carbocycles. The molecule has 2 heterocycles. The molecule has 5 nitrogen and oxygen atoms in total. The molecule has 1 aromatic rings.